The maximum atomic E-state index is 11.6. The lowest BCUT2D eigenvalue weighted by molar-refractivity contribution is -0.137. The molecule has 0 aliphatic carbocycles. The Morgan fingerprint density at radius 2 is 2.07 bits per heavy atom. The van der Waals surface area contributed by atoms with Crippen molar-refractivity contribution in [2.45, 2.75) is 13.8 Å². The van der Waals surface area contributed by atoms with E-state index in [2.05, 4.69) is 0 Å². The van der Waals surface area contributed by atoms with E-state index >= 15 is 0 Å². The van der Waals surface area contributed by atoms with Gasteiger partial charge in [-0.05, 0) is 13.8 Å². The van der Waals surface area contributed by atoms with Crippen LogP contribution in [0, 0.1) is 0 Å². The first-order valence-electron chi connectivity index (χ1n) is 4.60. The molecule has 0 fully saturated rings. The van der Waals surface area contributed by atoms with E-state index in [9.17, 15) is 14.4 Å². The van der Waals surface area contributed by atoms with Crippen molar-refractivity contribution in [2.24, 2.45) is 0 Å². The van der Waals surface area contributed by atoms with Gasteiger partial charge in [0.15, 0.2) is 0 Å². The largest absolute Gasteiger partial charge is 0.465 e. The maximum absolute atomic E-state index is 11.6. The van der Waals surface area contributed by atoms with Crippen LogP contribution in [0.1, 0.15) is 13.8 Å². The van der Waals surface area contributed by atoms with E-state index in [0.29, 0.717) is 0 Å². The van der Waals surface area contributed by atoms with Crippen LogP contribution in [0.3, 0.4) is 0 Å². The van der Waals surface area contributed by atoms with Crippen molar-refractivity contribution in [1.82, 2.24) is 9.80 Å². The van der Waals surface area contributed by atoms with Crippen molar-refractivity contribution in [2.75, 3.05) is 13.1 Å². The molecule has 1 aliphatic heterocycles. The highest BCUT2D eigenvalue weighted by atomic mass is 16.4. The number of carboxylic acid groups (broad SMARTS) is 1. The third kappa shape index (κ3) is 1.83. The van der Waals surface area contributed by atoms with Crippen LogP contribution in [0.25, 0.3) is 0 Å². The highest BCUT2D eigenvalue weighted by Crippen LogP contribution is 2.16. The number of carbonyl (C=O) groups is 3. The van der Waals surface area contributed by atoms with Crippen LogP contribution in [-0.4, -0.2) is 45.9 Å². The number of likely N-dealkylation sites (N-methyl/N-ethyl adjacent to an activating group) is 2. The van der Waals surface area contributed by atoms with Crippen molar-refractivity contribution < 1.29 is 19.5 Å². The lowest BCUT2D eigenvalue weighted by Crippen LogP contribution is -2.37. The molecule has 0 aromatic rings. The fourth-order valence-corrected chi connectivity index (χ4v) is 1.40. The van der Waals surface area contributed by atoms with E-state index in [1.807, 2.05) is 0 Å². The van der Waals surface area contributed by atoms with Crippen LogP contribution in [0.5, 0.6) is 0 Å². The highest BCUT2D eigenvalue weighted by molar-refractivity contribution is 6.16. The number of amides is 3. The summed E-state index contributed by atoms with van der Waals surface area (Å²) >= 11 is 0. The maximum Gasteiger partial charge on any atom is 0.411 e. The minimum atomic E-state index is -1.23. The second-order valence-corrected chi connectivity index (χ2v) is 2.94. The van der Waals surface area contributed by atoms with Gasteiger partial charge in [0.2, 0.25) is 0 Å². The molecule has 0 saturated carbocycles. The molecule has 0 atom stereocenters. The van der Waals surface area contributed by atoms with Gasteiger partial charge in [-0.1, -0.05) is 0 Å². The number of nitrogens with zero attached hydrogens (tertiary/aromatic N) is 2. The first kappa shape index (κ1) is 11.2. The Morgan fingerprint density at radius 1 is 1.47 bits per heavy atom. The second-order valence-electron chi connectivity index (χ2n) is 2.94. The van der Waals surface area contributed by atoms with Gasteiger partial charge in [-0.3, -0.25) is 19.4 Å². The van der Waals surface area contributed by atoms with Gasteiger partial charge in [-0.25, -0.2) is 4.79 Å². The molecule has 6 heteroatoms. The van der Waals surface area contributed by atoms with Crippen LogP contribution in [-0.2, 0) is 9.59 Å². The summed E-state index contributed by atoms with van der Waals surface area (Å²) in [7, 11) is 0. The predicted octanol–water partition coefficient (Wildman–Crippen LogP) is 0.259. The highest BCUT2D eigenvalue weighted by Gasteiger charge is 2.34. The molecule has 0 bridgehead atoms. The Labute approximate surface area is 86.8 Å². The van der Waals surface area contributed by atoms with Gasteiger partial charge in [-0.2, -0.15) is 0 Å². The molecule has 0 saturated heterocycles. The predicted molar refractivity (Wildman–Crippen MR) is 50.9 cm³/mol. The summed E-state index contributed by atoms with van der Waals surface area (Å²) < 4.78 is 0. The summed E-state index contributed by atoms with van der Waals surface area (Å²) in [6, 6.07) is 0. The topological polar surface area (TPSA) is 77.9 Å². The zero-order chi connectivity index (χ0) is 11.6. The molecule has 0 unspecified atom stereocenters. The van der Waals surface area contributed by atoms with Crippen molar-refractivity contribution >= 4 is 17.9 Å². The first-order valence-corrected chi connectivity index (χ1v) is 4.60. The van der Waals surface area contributed by atoms with Gasteiger partial charge in [0.25, 0.3) is 11.8 Å². The van der Waals surface area contributed by atoms with Crippen LogP contribution in [0.15, 0.2) is 11.8 Å². The SMILES string of the molecule is CCN1C(=O)C=C(N(CC)C(=O)O)C1=O. The van der Waals surface area contributed by atoms with Gasteiger partial charge in [0.1, 0.15) is 5.70 Å². The number of carbonyl (C=O) groups excluding carboxylic acids is 2. The van der Waals surface area contributed by atoms with Crippen molar-refractivity contribution in [3.05, 3.63) is 11.8 Å². The quantitative estimate of drug-likeness (QED) is 0.680. The van der Waals surface area contributed by atoms with Crippen molar-refractivity contribution in [1.29, 1.82) is 0 Å². The molecule has 0 aromatic heterocycles. The Hall–Kier alpha value is -1.85. The van der Waals surface area contributed by atoms with Crippen molar-refractivity contribution in [3.8, 4) is 0 Å². The molecular formula is C9H12N2O4. The van der Waals surface area contributed by atoms with E-state index in [1.165, 1.54) is 0 Å². The standard InChI is InChI=1S/C9H12N2O4/c1-3-10(9(14)15)6-5-7(12)11(4-2)8(6)13/h5H,3-4H2,1-2H3,(H,14,15). The van der Waals surface area contributed by atoms with E-state index in [4.69, 9.17) is 5.11 Å². The molecule has 1 N–H and O–H groups in total. The minimum absolute atomic E-state index is 0.0724. The zero-order valence-electron chi connectivity index (χ0n) is 8.56. The summed E-state index contributed by atoms with van der Waals surface area (Å²) in [5.41, 5.74) is -0.0724. The Morgan fingerprint density at radius 3 is 2.40 bits per heavy atom. The first-order chi connectivity index (χ1) is 7.02. The third-order valence-corrected chi connectivity index (χ3v) is 2.14. The average molecular weight is 212 g/mol. The molecule has 1 aliphatic rings. The smallest absolute Gasteiger partial charge is 0.411 e. The number of imide groups is 1. The number of rotatable bonds is 3. The summed E-state index contributed by atoms with van der Waals surface area (Å²) in [6.07, 6.45) is -0.174. The summed E-state index contributed by atoms with van der Waals surface area (Å²) in [4.78, 5) is 35.5. The van der Waals surface area contributed by atoms with Crippen LogP contribution in [0.2, 0.25) is 0 Å². The van der Waals surface area contributed by atoms with E-state index < -0.39 is 17.9 Å². The normalized spacial score (nSPS) is 15.6. The zero-order valence-corrected chi connectivity index (χ0v) is 8.56. The molecule has 0 spiro atoms. The van der Waals surface area contributed by atoms with Crippen LogP contribution >= 0.6 is 0 Å². The van der Waals surface area contributed by atoms with Crippen molar-refractivity contribution in [3.63, 3.8) is 0 Å². The Balaban J connectivity index is 2.98. The van der Waals surface area contributed by atoms with Gasteiger partial charge in [-0.15, -0.1) is 0 Å². The molecular weight excluding hydrogens is 200 g/mol. The van der Waals surface area contributed by atoms with E-state index in [0.717, 1.165) is 15.9 Å². The van der Waals surface area contributed by atoms with Gasteiger partial charge < -0.3 is 5.11 Å². The fraction of sp³-hybridized carbons (Fsp3) is 0.444. The number of hydrogen-bond acceptors (Lipinski definition) is 3. The molecule has 6 nitrogen and oxygen atoms in total. The third-order valence-electron chi connectivity index (χ3n) is 2.14. The molecule has 15 heavy (non-hydrogen) atoms. The summed E-state index contributed by atoms with van der Waals surface area (Å²) in [5.74, 6) is -1.01. The molecule has 0 aromatic carbocycles. The van der Waals surface area contributed by atoms with Crippen LogP contribution < -0.4 is 0 Å². The van der Waals surface area contributed by atoms with E-state index in [-0.39, 0.29) is 18.8 Å². The van der Waals surface area contributed by atoms with Crippen LogP contribution in [0.4, 0.5) is 4.79 Å². The lowest BCUT2D eigenvalue weighted by Gasteiger charge is -2.18. The number of hydrogen-bond donors (Lipinski definition) is 1. The summed E-state index contributed by atoms with van der Waals surface area (Å²) in [6.45, 7) is 3.64. The molecule has 0 radical (unpaired) electrons. The fourth-order valence-electron chi connectivity index (χ4n) is 1.40. The molecule has 82 valence electrons. The lowest BCUT2D eigenvalue weighted by atomic mass is 10.4. The molecule has 1 rings (SSSR count). The van der Waals surface area contributed by atoms with E-state index in [1.54, 1.807) is 13.8 Å². The second kappa shape index (κ2) is 4.12. The monoisotopic (exact) mass is 212 g/mol. The molecule has 1 heterocycles. The minimum Gasteiger partial charge on any atom is -0.465 e. The average Bonchev–Trinajstić information content (AvgIpc) is 2.43. The van der Waals surface area contributed by atoms with Gasteiger partial charge >= 0.3 is 6.09 Å². The molecule has 3 amide bonds. The summed E-state index contributed by atoms with van der Waals surface area (Å²) in [5, 5.41) is 8.80. The Bertz CT molecular complexity index is 348. The van der Waals surface area contributed by atoms with Gasteiger partial charge in [0.05, 0.1) is 0 Å². The van der Waals surface area contributed by atoms with Gasteiger partial charge in [0, 0.05) is 19.2 Å². The Kier molecular flexibility index (Phi) is 3.08.